The maximum Gasteiger partial charge on any atom is 0.269 e. The average molecular weight is 346 g/mol. The van der Waals surface area contributed by atoms with Gasteiger partial charge in [0, 0.05) is 17.6 Å². The van der Waals surface area contributed by atoms with Gasteiger partial charge in [-0.15, -0.1) is 11.3 Å². The minimum absolute atomic E-state index is 0.114. The normalized spacial score (nSPS) is 11.3. The van der Waals surface area contributed by atoms with Gasteiger partial charge in [-0.1, -0.05) is 11.6 Å². The monoisotopic (exact) mass is 345 g/mol. The van der Waals surface area contributed by atoms with Gasteiger partial charge in [0.2, 0.25) is 10.0 Å². The lowest BCUT2D eigenvalue weighted by Gasteiger charge is -2.03. The van der Waals surface area contributed by atoms with E-state index in [9.17, 15) is 13.2 Å². The van der Waals surface area contributed by atoms with E-state index in [-0.39, 0.29) is 15.8 Å². The zero-order valence-corrected chi connectivity index (χ0v) is 13.1. The van der Waals surface area contributed by atoms with E-state index in [2.05, 4.69) is 10.3 Å². The van der Waals surface area contributed by atoms with E-state index in [1.807, 2.05) is 0 Å². The molecule has 1 amide bonds. The molecule has 2 aromatic rings. The fraction of sp³-hybridized carbons (Fsp3) is 0.167. The fourth-order valence-corrected chi connectivity index (χ4v) is 3.44. The van der Waals surface area contributed by atoms with Gasteiger partial charge in [-0.05, 0) is 30.7 Å². The Morgan fingerprint density at radius 1 is 1.33 bits per heavy atom. The standard InChI is InChI=1S/C12H12ClN3O3S2/c13-8-1-3-10(16-7-8)12(17)15-6-5-9-2-4-11(20-9)21(14,18)19/h1-4,7H,5-6H2,(H,15,17)(H2,14,18,19). The Bertz CT molecular complexity index is 741. The Labute approximate surface area is 131 Å². The number of nitrogens with zero attached hydrogens (tertiary/aromatic N) is 1. The third-order valence-electron chi connectivity index (χ3n) is 2.53. The van der Waals surface area contributed by atoms with Gasteiger partial charge in [-0.25, -0.2) is 18.5 Å². The predicted octanol–water partition coefficient (Wildman–Crippen LogP) is 1.42. The molecule has 21 heavy (non-hydrogen) atoms. The Morgan fingerprint density at radius 3 is 2.67 bits per heavy atom. The highest BCUT2D eigenvalue weighted by molar-refractivity contribution is 7.91. The highest BCUT2D eigenvalue weighted by Gasteiger charge is 2.11. The zero-order chi connectivity index (χ0) is 15.5. The minimum atomic E-state index is -3.66. The number of aromatic nitrogens is 1. The molecule has 0 aliphatic heterocycles. The highest BCUT2D eigenvalue weighted by atomic mass is 35.5. The van der Waals surface area contributed by atoms with Crippen LogP contribution in [0.2, 0.25) is 5.02 Å². The first-order valence-electron chi connectivity index (χ1n) is 5.87. The summed E-state index contributed by atoms with van der Waals surface area (Å²) in [6.45, 7) is 0.369. The van der Waals surface area contributed by atoms with Gasteiger partial charge in [0.25, 0.3) is 5.91 Å². The summed E-state index contributed by atoms with van der Waals surface area (Å²) in [5.41, 5.74) is 0.274. The van der Waals surface area contributed by atoms with Crippen molar-refractivity contribution in [1.82, 2.24) is 10.3 Å². The van der Waals surface area contributed by atoms with Gasteiger partial charge in [0.1, 0.15) is 9.90 Å². The second kappa shape index (κ2) is 6.52. The molecule has 3 N–H and O–H groups in total. The van der Waals surface area contributed by atoms with Crippen LogP contribution in [-0.4, -0.2) is 25.9 Å². The molecule has 0 aliphatic rings. The van der Waals surface area contributed by atoms with Crippen LogP contribution in [-0.2, 0) is 16.4 Å². The topological polar surface area (TPSA) is 102 Å². The molecule has 0 atom stereocenters. The number of carbonyl (C=O) groups excluding carboxylic acids is 1. The summed E-state index contributed by atoms with van der Waals surface area (Å²) in [4.78, 5) is 16.5. The number of hydrogen-bond acceptors (Lipinski definition) is 5. The molecular weight excluding hydrogens is 334 g/mol. The van der Waals surface area contributed by atoms with Crippen LogP contribution < -0.4 is 10.5 Å². The number of sulfonamides is 1. The van der Waals surface area contributed by atoms with Gasteiger partial charge in [-0.2, -0.15) is 0 Å². The molecule has 112 valence electrons. The zero-order valence-electron chi connectivity index (χ0n) is 10.7. The second-order valence-corrected chi connectivity index (χ2v) is 7.53. The smallest absolute Gasteiger partial charge is 0.269 e. The summed E-state index contributed by atoms with van der Waals surface area (Å²) in [5, 5.41) is 8.18. The third kappa shape index (κ3) is 4.50. The van der Waals surface area contributed by atoms with Crippen molar-refractivity contribution in [2.75, 3.05) is 6.54 Å². The number of amides is 1. The van der Waals surface area contributed by atoms with Crippen LogP contribution in [0.15, 0.2) is 34.7 Å². The van der Waals surface area contributed by atoms with Crippen LogP contribution in [0.4, 0.5) is 0 Å². The van der Waals surface area contributed by atoms with Crippen LogP contribution in [0.25, 0.3) is 0 Å². The Kier molecular flexibility index (Phi) is 4.94. The maximum atomic E-state index is 11.8. The molecular formula is C12H12ClN3O3S2. The molecule has 0 radical (unpaired) electrons. The predicted molar refractivity (Wildman–Crippen MR) is 81.0 cm³/mol. The Hall–Kier alpha value is -1.48. The Morgan fingerprint density at radius 2 is 2.10 bits per heavy atom. The fourth-order valence-electron chi connectivity index (χ4n) is 1.55. The van der Waals surface area contributed by atoms with Crippen molar-refractivity contribution in [3.63, 3.8) is 0 Å². The van der Waals surface area contributed by atoms with Gasteiger partial charge in [0.05, 0.1) is 5.02 Å². The molecule has 0 saturated heterocycles. The molecule has 0 bridgehead atoms. The number of halogens is 1. The largest absolute Gasteiger partial charge is 0.350 e. The number of hydrogen-bond donors (Lipinski definition) is 2. The summed E-state index contributed by atoms with van der Waals surface area (Å²) in [6, 6.07) is 6.25. The van der Waals surface area contributed by atoms with Gasteiger partial charge in [-0.3, -0.25) is 4.79 Å². The van der Waals surface area contributed by atoms with Crippen molar-refractivity contribution in [2.45, 2.75) is 10.6 Å². The molecule has 0 fully saturated rings. The first-order chi connectivity index (χ1) is 9.86. The van der Waals surface area contributed by atoms with Crippen molar-refractivity contribution >= 4 is 38.9 Å². The first-order valence-corrected chi connectivity index (χ1v) is 8.61. The highest BCUT2D eigenvalue weighted by Crippen LogP contribution is 2.20. The van der Waals surface area contributed by atoms with Crippen molar-refractivity contribution in [3.8, 4) is 0 Å². The second-order valence-electron chi connectivity index (χ2n) is 4.13. The SMILES string of the molecule is NS(=O)(=O)c1ccc(CCNC(=O)c2ccc(Cl)cn2)s1. The quantitative estimate of drug-likeness (QED) is 0.855. The minimum Gasteiger partial charge on any atom is -0.350 e. The number of nitrogens with one attached hydrogen (secondary N) is 1. The van der Waals surface area contributed by atoms with Crippen LogP contribution >= 0.6 is 22.9 Å². The number of pyridine rings is 1. The summed E-state index contributed by atoms with van der Waals surface area (Å²) in [7, 11) is -3.66. The molecule has 9 heteroatoms. The van der Waals surface area contributed by atoms with Crippen molar-refractivity contribution in [1.29, 1.82) is 0 Å². The van der Waals surface area contributed by atoms with E-state index in [1.165, 1.54) is 18.3 Å². The van der Waals surface area contributed by atoms with E-state index in [1.54, 1.807) is 12.1 Å². The van der Waals surface area contributed by atoms with Crippen molar-refractivity contribution in [2.24, 2.45) is 5.14 Å². The maximum absolute atomic E-state index is 11.8. The summed E-state index contributed by atoms with van der Waals surface area (Å²) in [6.07, 6.45) is 1.91. The molecule has 0 spiro atoms. The van der Waals surface area contributed by atoms with Crippen LogP contribution in [0.5, 0.6) is 0 Å². The molecule has 2 aromatic heterocycles. The van der Waals surface area contributed by atoms with Gasteiger partial charge < -0.3 is 5.32 Å². The number of rotatable bonds is 5. The van der Waals surface area contributed by atoms with Gasteiger partial charge >= 0.3 is 0 Å². The molecule has 0 unspecified atom stereocenters. The molecule has 2 heterocycles. The summed E-state index contributed by atoms with van der Waals surface area (Å²) in [5.74, 6) is -0.310. The molecule has 0 aromatic carbocycles. The average Bonchev–Trinajstić information content (AvgIpc) is 2.88. The van der Waals surface area contributed by atoms with Crippen molar-refractivity contribution in [3.05, 3.63) is 46.1 Å². The lowest BCUT2D eigenvalue weighted by atomic mass is 10.3. The third-order valence-corrected chi connectivity index (χ3v) is 5.34. The number of primary sulfonamides is 1. The van der Waals surface area contributed by atoms with E-state index in [4.69, 9.17) is 16.7 Å². The number of nitrogens with two attached hydrogens (primary N) is 1. The number of thiophene rings is 1. The molecule has 2 rings (SSSR count). The number of carbonyl (C=O) groups is 1. The van der Waals surface area contributed by atoms with E-state index < -0.39 is 10.0 Å². The lowest BCUT2D eigenvalue weighted by molar-refractivity contribution is 0.0949. The van der Waals surface area contributed by atoms with Crippen LogP contribution in [0.1, 0.15) is 15.4 Å². The molecule has 0 saturated carbocycles. The lowest BCUT2D eigenvalue weighted by Crippen LogP contribution is -2.26. The van der Waals surface area contributed by atoms with E-state index in [0.717, 1.165) is 16.2 Å². The Balaban J connectivity index is 1.88. The van der Waals surface area contributed by atoms with Crippen LogP contribution in [0, 0.1) is 0 Å². The summed E-state index contributed by atoms with van der Waals surface area (Å²) < 4.78 is 22.4. The molecule has 0 aliphatic carbocycles. The van der Waals surface area contributed by atoms with Gasteiger partial charge in [0.15, 0.2) is 0 Å². The van der Waals surface area contributed by atoms with E-state index >= 15 is 0 Å². The molecule has 6 nitrogen and oxygen atoms in total. The van der Waals surface area contributed by atoms with Crippen molar-refractivity contribution < 1.29 is 13.2 Å². The first kappa shape index (κ1) is 15.9. The van der Waals surface area contributed by atoms with Crippen LogP contribution in [0.3, 0.4) is 0 Å². The van der Waals surface area contributed by atoms with E-state index in [0.29, 0.717) is 18.0 Å². The summed E-state index contributed by atoms with van der Waals surface area (Å²) >= 11 is 6.78.